The summed E-state index contributed by atoms with van der Waals surface area (Å²) < 4.78 is 16.2. The lowest BCUT2D eigenvalue weighted by atomic mass is 9.86. The molecule has 1 amide bonds. The number of aromatic amines is 1. The first kappa shape index (κ1) is 16.0. The number of nitrogens with zero attached hydrogens (tertiary/aromatic N) is 2. The maximum Gasteiger partial charge on any atom is 0.258 e. The number of rotatable bonds is 1. The van der Waals surface area contributed by atoms with E-state index in [1.165, 1.54) is 12.1 Å². The van der Waals surface area contributed by atoms with Crippen LogP contribution in [0.25, 0.3) is 16.8 Å². The topological polar surface area (TPSA) is 79.3 Å². The molecule has 0 spiro atoms. The summed E-state index contributed by atoms with van der Waals surface area (Å²) in [5, 5.41) is 2.94. The van der Waals surface area contributed by atoms with E-state index in [9.17, 15) is 14.0 Å². The monoisotopic (exact) mass is 382 g/mol. The van der Waals surface area contributed by atoms with Crippen molar-refractivity contribution < 1.29 is 9.18 Å². The van der Waals surface area contributed by atoms with E-state index in [0.29, 0.717) is 17.1 Å². The van der Waals surface area contributed by atoms with Gasteiger partial charge in [0.05, 0.1) is 16.6 Å². The summed E-state index contributed by atoms with van der Waals surface area (Å²) >= 11 is 6.22. The number of fused-ring (bicyclic) bond motifs is 5. The first-order valence-electron chi connectivity index (χ1n) is 8.31. The lowest BCUT2D eigenvalue weighted by molar-refractivity contribution is -0.116. The fourth-order valence-electron chi connectivity index (χ4n) is 3.74. The number of hydrogen-bond donors (Lipinski definition) is 2. The number of imidazole rings is 1. The van der Waals surface area contributed by atoms with E-state index in [2.05, 4.69) is 15.3 Å². The van der Waals surface area contributed by atoms with Crippen LogP contribution in [0.15, 0.2) is 47.3 Å². The Morgan fingerprint density at radius 3 is 2.74 bits per heavy atom. The first-order valence-corrected chi connectivity index (χ1v) is 8.69. The molecule has 0 fully saturated rings. The molecule has 3 heterocycles. The van der Waals surface area contributed by atoms with Crippen molar-refractivity contribution in [1.29, 1.82) is 0 Å². The lowest BCUT2D eigenvalue weighted by Crippen LogP contribution is -2.32. The zero-order valence-electron chi connectivity index (χ0n) is 13.8. The highest BCUT2D eigenvalue weighted by molar-refractivity contribution is 6.31. The molecule has 2 aromatic carbocycles. The maximum atomic E-state index is 14.5. The van der Waals surface area contributed by atoms with Crippen LogP contribution >= 0.6 is 11.6 Å². The van der Waals surface area contributed by atoms with Gasteiger partial charge in [0.25, 0.3) is 5.56 Å². The van der Waals surface area contributed by atoms with Gasteiger partial charge in [0.15, 0.2) is 0 Å². The van der Waals surface area contributed by atoms with E-state index in [4.69, 9.17) is 11.6 Å². The van der Waals surface area contributed by atoms with Gasteiger partial charge in [-0.3, -0.25) is 19.0 Å². The van der Waals surface area contributed by atoms with E-state index in [0.717, 1.165) is 5.52 Å². The second-order valence-electron chi connectivity index (χ2n) is 6.42. The molecular formula is C19H12ClFN4O2. The third-order valence-electron chi connectivity index (χ3n) is 4.85. The standard InChI is InChI=1S/C19H12ClFN4O2/c20-10-4-3-5-11(21)15(10)9-8-14(26)23-17-16(9)18(27)24-19-22-12-6-1-2-7-13(12)25(17)19/h1-7,9H,8H2,(H,23,26)(H,22,24,27). The Balaban J connectivity index is 1.90. The molecule has 0 aliphatic carbocycles. The number of anilines is 1. The Morgan fingerprint density at radius 1 is 1.11 bits per heavy atom. The second-order valence-corrected chi connectivity index (χ2v) is 6.82. The average molecular weight is 383 g/mol. The normalized spacial score (nSPS) is 16.5. The highest BCUT2D eigenvalue weighted by atomic mass is 35.5. The van der Waals surface area contributed by atoms with Crippen LogP contribution in [0.2, 0.25) is 5.02 Å². The summed E-state index contributed by atoms with van der Waals surface area (Å²) in [6, 6.07) is 11.6. The number of hydrogen-bond acceptors (Lipinski definition) is 3. The molecule has 1 aliphatic rings. The van der Waals surface area contributed by atoms with E-state index in [1.54, 1.807) is 10.5 Å². The van der Waals surface area contributed by atoms with Gasteiger partial charge in [-0.15, -0.1) is 0 Å². The van der Waals surface area contributed by atoms with Gasteiger partial charge in [0, 0.05) is 22.9 Å². The summed E-state index contributed by atoms with van der Waals surface area (Å²) in [4.78, 5) is 32.4. The maximum absolute atomic E-state index is 14.5. The van der Waals surface area contributed by atoms with Crippen LogP contribution in [0, 0.1) is 5.82 Å². The SMILES string of the molecule is O=C1CC(c2c(F)cccc2Cl)c2c(n3c(nc4ccccc43)[nH]c2=O)N1. The van der Waals surface area contributed by atoms with Crippen LogP contribution in [0.4, 0.5) is 10.2 Å². The third kappa shape index (κ3) is 2.28. The van der Waals surface area contributed by atoms with Crippen molar-refractivity contribution in [2.45, 2.75) is 12.3 Å². The van der Waals surface area contributed by atoms with Crippen molar-refractivity contribution in [3.05, 3.63) is 74.8 Å². The molecule has 4 aromatic rings. The number of carbonyl (C=O) groups excluding carboxylic acids is 1. The molecule has 2 N–H and O–H groups in total. The molecule has 0 bridgehead atoms. The summed E-state index contributed by atoms with van der Waals surface area (Å²) in [7, 11) is 0. The molecule has 6 nitrogen and oxygen atoms in total. The molecule has 1 unspecified atom stereocenters. The molecule has 134 valence electrons. The Bertz CT molecular complexity index is 1290. The molecule has 2 aromatic heterocycles. The van der Waals surface area contributed by atoms with Gasteiger partial charge in [-0.1, -0.05) is 29.8 Å². The van der Waals surface area contributed by atoms with Gasteiger partial charge in [0.2, 0.25) is 11.7 Å². The highest BCUT2D eigenvalue weighted by Crippen LogP contribution is 2.39. The first-order chi connectivity index (χ1) is 13.0. The van der Waals surface area contributed by atoms with Gasteiger partial charge >= 0.3 is 0 Å². The van der Waals surface area contributed by atoms with E-state index < -0.39 is 17.3 Å². The lowest BCUT2D eigenvalue weighted by Gasteiger charge is -2.26. The Labute approximate surface area is 156 Å². The van der Waals surface area contributed by atoms with Crippen molar-refractivity contribution in [1.82, 2.24) is 14.4 Å². The Morgan fingerprint density at radius 2 is 1.93 bits per heavy atom. The highest BCUT2D eigenvalue weighted by Gasteiger charge is 2.34. The minimum absolute atomic E-state index is 0.0745. The summed E-state index contributed by atoms with van der Waals surface area (Å²) in [5.41, 5.74) is 1.36. The molecule has 5 rings (SSSR count). The number of halogens is 2. The van der Waals surface area contributed by atoms with Crippen molar-refractivity contribution in [3.63, 3.8) is 0 Å². The number of carbonyl (C=O) groups is 1. The number of amides is 1. The van der Waals surface area contributed by atoms with Gasteiger partial charge < -0.3 is 5.32 Å². The molecule has 0 radical (unpaired) electrons. The zero-order valence-corrected chi connectivity index (χ0v) is 14.5. The van der Waals surface area contributed by atoms with Crippen LogP contribution in [0.5, 0.6) is 0 Å². The van der Waals surface area contributed by atoms with Crippen molar-refractivity contribution in [2.24, 2.45) is 0 Å². The second kappa shape index (κ2) is 5.65. The minimum atomic E-state index is -0.795. The van der Waals surface area contributed by atoms with Crippen molar-refractivity contribution in [2.75, 3.05) is 5.32 Å². The zero-order chi connectivity index (χ0) is 18.7. The molecule has 8 heteroatoms. The minimum Gasteiger partial charge on any atom is -0.311 e. The summed E-state index contributed by atoms with van der Waals surface area (Å²) in [6.07, 6.45) is -0.0745. The molecule has 27 heavy (non-hydrogen) atoms. The number of nitrogens with one attached hydrogen (secondary N) is 2. The van der Waals surface area contributed by atoms with E-state index >= 15 is 0 Å². The number of para-hydroxylation sites is 2. The quantitative estimate of drug-likeness (QED) is 0.529. The van der Waals surface area contributed by atoms with Crippen molar-refractivity contribution in [3.8, 4) is 0 Å². The molecular weight excluding hydrogens is 371 g/mol. The van der Waals surface area contributed by atoms with Gasteiger partial charge in [-0.2, -0.15) is 0 Å². The van der Waals surface area contributed by atoms with Crippen LogP contribution in [-0.2, 0) is 4.79 Å². The fraction of sp³-hybridized carbons (Fsp3) is 0.105. The number of aromatic nitrogens is 3. The predicted molar refractivity (Wildman–Crippen MR) is 99.8 cm³/mol. The van der Waals surface area contributed by atoms with Crippen LogP contribution in [0.1, 0.15) is 23.5 Å². The van der Waals surface area contributed by atoms with Crippen LogP contribution in [-0.4, -0.2) is 20.3 Å². The Hall–Kier alpha value is -3.19. The predicted octanol–water partition coefficient (Wildman–Crippen LogP) is 3.44. The molecule has 1 aliphatic heterocycles. The number of H-pyrrole nitrogens is 1. The van der Waals surface area contributed by atoms with E-state index in [-0.39, 0.29) is 28.5 Å². The number of benzene rings is 2. The average Bonchev–Trinajstić information content (AvgIpc) is 2.99. The molecule has 0 saturated carbocycles. The fourth-order valence-corrected chi connectivity index (χ4v) is 4.03. The van der Waals surface area contributed by atoms with Gasteiger partial charge in [-0.25, -0.2) is 9.37 Å². The van der Waals surface area contributed by atoms with E-state index in [1.807, 2.05) is 24.3 Å². The van der Waals surface area contributed by atoms with Gasteiger partial charge in [-0.05, 0) is 24.3 Å². The Kier molecular flexibility index (Phi) is 3.35. The summed E-state index contributed by atoms with van der Waals surface area (Å²) in [5.74, 6) is -1.07. The third-order valence-corrected chi connectivity index (χ3v) is 5.18. The molecule has 1 atom stereocenters. The largest absolute Gasteiger partial charge is 0.311 e. The van der Waals surface area contributed by atoms with Crippen LogP contribution < -0.4 is 10.9 Å². The smallest absolute Gasteiger partial charge is 0.258 e. The van der Waals surface area contributed by atoms with Gasteiger partial charge in [0.1, 0.15) is 11.6 Å². The molecule has 0 saturated heterocycles. The van der Waals surface area contributed by atoms with Crippen molar-refractivity contribution >= 4 is 40.1 Å². The summed E-state index contributed by atoms with van der Waals surface area (Å²) in [6.45, 7) is 0. The van der Waals surface area contributed by atoms with Crippen LogP contribution in [0.3, 0.4) is 0 Å².